The molecule has 0 saturated carbocycles. The maximum absolute atomic E-state index is 13.2. The number of thiophene rings is 1. The van der Waals surface area contributed by atoms with Crippen molar-refractivity contribution < 1.29 is 26.8 Å². The largest absolute Gasteiger partial charge is 0.342 e. The van der Waals surface area contributed by atoms with E-state index in [0.29, 0.717) is 13.1 Å². The molecule has 2 amide bonds. The van der Waals surface area contributed by atoms with E-state index in [4.69, 9.17) is 0 Å². The normalized spacial score (nSPS) is 15.1. The number of carbonyl (C=O) groups is 2. The molecule has 2 aromatic rings. The van der Waals surface area contributed by atoms with Crippen LogP contribution in [0.2, 0.25) is 0 Å². The SMILES string of the molecule is O=C(CNC(=O)c1sccc1S(=O)(=O)N1CCCCC1)Nc1ccc(F)c(F)c1. The summed E-state index contributed by atoms with van der Waals surface area (Å²) in [5.74, 6) is -3.52. The van der Waals surface area contributed by atoms with Crippen LogP contribution in [0.3, 0.4) is 0 Å². The second-order valence-corrected chi connectivity index (χ2v) is 9.26. The Kier molecular flexibility index (Phi) is 6.60. The van der Waals surface area contributed by atoms with Gasteiger partial charge in [-0.1, -0.05) is 6.42 Å². The number of hydrogen-bond donors (Lipinski definition) is 2. The number of benzene rings is 1. The fourth-order valence-corrected chi connectivity index (χ4v) is 5.76. The van der Waals surface area contributed by atoms with Gasteiger partial charge in [-0.05, 0) is 36.4 Å². The zero-order valence-electron chi connectivity index (χ0n) is 15.3. The number of hydrogen-bond acceptors (Lipinski definition) is 5. The lowest BCUT2D eigenvalue weighted by Crippen LogP contribution is -2.37. The van der Waals surface area contributed by atoms with Crippen molar-refractivity contribution in [1.29, 1.82) is 0 Å². The Hall–Kier alpha value is -2.37. The Bertz CT molecular complexity index is 1020. The molecule has 1 fully saturated rings. The molecule has 29 heavy (non-hydrogen) atoms. The first-order valence-corrected chi connectivity index (χ1v) is 11.2. The van der Waals surface area contributed by atoms with Gasteiger partial charge in [0.05, 0.1) is 6.54 Å². The van der Waals surface area contributed by atoms with Crippen molar-refractivity contribution in [3.63, 3.8) is 0 Å². The topological polar surface area (TPSA) is 95.6 Å². The molecule has 1 aliphatic heterocycles. The molecule has 1 aromatic heterocycles. The second kappa shape index (κ2) is 8.97. The Morgan fingerprint density at radius 3 is 2.48 bits per heavy atom. The number of nitrogens with zero attached hydrogens (tertiary/aromatic N) is 1. The Labute approximate surface area is 170 Å². The molecule has 0 atom stereocenters. The molecule has 2 N–H and O–H groups in total. The molecule has 1 saturated heterocycles. The Morgan fingerprint density at radius 2 is 1.79 bits per heavy atom. The number of sulfonamides is 1. The molecule has 1 aliphatic rings. The molecule has 11 heteroatoms. The van der Waals surface area contributed by atoms with Gasteiger partial charge in [0, 0.05) is 24.8 Å². The highest BCUT2D eigenvalue weighted by atomic mass is 32.2. The lowest BCUT2D eigenvalue weighted by atomic mass is 10.2. The maximum atomic E-state index is 13.2. The fourth-order valence-electron chi connectivity index (χ4n) is 2.93. The number of halogens is 2. The van der Waals surface area contributed by atoms with Gasteiger partial charge in [0.25, 0.3) is 5.91 Å². The Balaban J connectivity index is 1.63. The summed E-state index contributed by atoms with van der Waals surface area (Å²) in [5, 5.41) is 6.19. The number of nitrogens with one attached hydrogen (secondary N) is 2. The minimum atomic E-state index is -3.79. The van der Waals surface area contributed by atoms with E-state index < -0.39 is 40.0 Å². The minimum Gasteiger partial charge on any atom is -0.342 e. The summed E-state index contributed by atoms with van der Waals surface area (Å²) in [6.45, 7) is 0.366. The lowest BCUT2D eigenvalue weighted by molar-refractivity contribution is -0.115. The van der Waals surface area contributed by atoms with Gasteiger partial charge >= 0.3 is 0 Å². The van der Waals surface area contributed by atoms with Crippen molar-refractivity contribution >= 4 is 38.9 Å². The Morgan fingerprint density at radius 1 is 1.07 bits per heavy atom. The van der Waals surface area contributed by atoms with Gasteiger partial charge in [-0.2, -0.15) is 4.31 Å². The van der Waals surface area contributed by atoms with E-state index >= 15 is 0 Å². The summed E-state index contributed by atoms with van der Waals surface area (Å²) in [7, 11) is -3.79. The van der Waals surface area contributed by atoms with E-state index in [1.54, 1.807) is 0 Å². The van der Waals surface area contributed by atoms with Gasteiger partial charge in [-0.3, -0.25) is 9.59 Å². The fraction of sp³-hybridized carbons (Fsp3) is 0.333. The average molecular weight is 443 g/mol. The zero-order valence-corrected chi connectivity index (χ0v) is 16.9. The smallest absolute Gasteiger partial charge is 0.263 e. The molecule has 0 aliphatic carbocycles. The summed E-state index contributed by atoms with van der Waals surface area (Å²) in [6.07, 6.45) is 2.51. The highest BCUT2D eigenvalue weighted by Crippen LogP contribution is 2.27. The van der Waals surface area contributed by atoms with Crippen molar-refractivity contribution in [2.45, 2.75) is 24.2 Å². The molecule has 1 aromatic carbocycles. The number of anilines is 1. The summed E-state index contributed by atoms with van der Waals surface area (Å²) < 4.78 is 53.1. The number of carbonyl (C=O) groups excluding carboxylic acids is 2. The van der Waals surface area contributed by atoms with Crippen molar-refractivity contribution in [2.75, 3.05) is 25.0 Å². The summed E-state index contributed by atoms with van der Waals surface area (Å²) in [5.41, 5.74) is 0.0348. The molecular formula is C18H19F2N3O4S2. The van der Waals surface area contributed by atoms with E-state index in [0.717, 1.165) is 42.7 Å². The van der Waals surface area contributed by atoms with E-state index in [1.165, 1.54) is 21.8 Å². The summed E-state index contributed by atoms with van der Waals surface area (Å²) in [4.78, 5) is 24.3. The van der Waals surface area contributed by atoms with Crippen LogP contribution in [0.5, 0.6) is 0 Å². The number of rotatable bonds is 6. The quantitative estimate of drug-likeness (QED) is 0.717. The molecule has 0 radical (unpaired) electrons. The average Bonchev–Trinajstić information content (AvgIpc) is 3.20. The van der Waals surface area contributed by atoms with Crippen LogP contribution in [-0.4, -0.2) is 44.2 Å². The molecule has 0 unspecified atom stereocenters. The molecule has 156 valence electrons. The first kappa shape index (κ1) is 21.3. The van der Waals surface area contributed by atoms with Crippen molar-refractivity contribution in [2.24, 2.45) is 0 Å². The van der Waals surface area contributed by atoms with E-state index in [-0.39, 0.29) is 15.5 Å². The third-order valence-corrected chi connectivity index (χ3v) is 7.36. The monoisotopic (exact) mass is 443 g/mol. The van der Waals surface area contributed by atoms with Crippen LogP contribution < -0.4 is 10.6 Å². The highest BCUT2D eigenvalue weighted by Gasteiger charge is 2.31. The molecule has 7 nitrogen and oxygen atoms in total. The van der Waals surface area contributed by atoms with Gasteiger partial charge in [0.15, 0.2) is 11.6 Å². The van der Waals surface area contributed by atoms with Crippen molar-refractivity contribution in [1.82, 2.24) is 9.62 Å². The van der Waals surface area contributed by atoms with Gasteiger partial charge in [0.2, 0.25) is 15.9 Å². The van der Waals surface area contributed by atoms with E-state index in [9.17, 15) is 26.8 Å². The first-order valence-electron chi connectivity index (χ1n) is 8.90. The second-order valence-electron chi connectivity index (χ2n) is 6.44. The molecule has 2 heterocycles. The molecule has 3 rings (SSSR count). The minimum absolute atomic E-state index is 0.00352. The standard InChI is InChI=1S/C18H19F2N3O4S2/c19-13-5-4-12(10-14(13)20)22-16(24)11-21-18(25)17-15(6-9-28-17)29(26,27)23-7-2-1-3-8-23/h4-6,9-10H,1-3,7-8,11H2,(H,21,25)(H,22,24). The van der Waals surface area contributed by atoms with Crippen molar-refractivity contribution in [3.8, 4) is 0 Å². The molecule has 0 spiro atoms. The van der Waals surface area contributed by atoms with E-state index in [2.05, 4.69) is 10.6 Å². The predicted molar refractivity (Wildman–Crippen MR) is 104 cm³/mol. The zero-order chi connectivity index (χ0) is 21.0. The highest BCUT2D eigenvalue weighted by molar-refractivity contribution is 7.89. The molecular weight excluding hydrogens is 424 g/mol. The summed E-state index contributed by atoms with van der Waals surface area (Å²) >= 11 is 0.967. The van der Waals surface area contributed by atoms with Crippen LogP contribution >= 0.6 is 11.3 Å². The van der Waals surface area contributed by atoms with Gasteiger partial charge in [-0.25, -0.2) is 17.2 Å². The van der Waals surface area contributed by atoms with Crippen LogP contribution in [0.4, 0.5) is 14.5 Å². The van der Waals surface area contributed by atoms with Crippen LogP contribution in [0.25, 0.3) is 0 Å². The lowest BCUT2D eigenvalue weighted by Gasteiger charge is -2.25. The third-order valence-electron chi connectivity index (χ3n) is 4.38. The van der Waals surface area contributed by atoms with Gasteiger partial charge in [-0.15, -0.1) is 11.3 Å². The van der Waals surface area contributed by atoms with E-state index in [1.807, 2.05) is 0 Å². The first-order chi connectivity index (χ1) is 13.8. The predicted octanol–water partition coefficient (Wildman–Crippen LogP) is 2.57. The summed E-state index contributed by atoms with van der Waals surface area (Å²) in [6, 6.07) is 4.25. The van der Waals surface area contributed by atoms with Crippen LogP contribution in [0.15, 0.2) is 34.5 Å². The van der Waals surface area contributed by atoms with Crippen molar-refractivity contribution in [3.05, 3.63) is 46.2 Å². The van der Waals surface area contributed by atoms with Crippen LogP contribution in [0, 0.1) is 11.6 Å². The molecule has 0 bridgehead atoms. The van der Waals surface area contributed by atoms with Gasteiger partial charge in [0.1, 0.15) is 9.77 Å². The number of amides is 2. The van der Waals surface area contributed by atoms with Crippen LogP contribution in [-0.2, 0) is 14.8 Å². The third kappa shape index (κ3) is 4.98. The van der Waals surface area contributed by atoms with Gasteiger partial charge < -0.3 is 10.6 Å². The maximum Gasteiger partial charge on any atom is 0.263 e. The number of piperidine rings is 1. The van der Waals surface area contributed by atoms with Crippen LogP contribution in [0.1, 0.15) is 28.9 Å².